The van der Waals surface area contributed by atoms with Gasteiger partial charge in [0.05, 0.1) is 6.54 Å². The SMILES string of the molecule is CC(C)CCN1CCCCNCC1=O. The number of nitrogens with zero attached hydrogens (tertiary/aromatic N) is 1. The fourth-order valence-corrected chi connectivity index (χ4v) is 1.64. The molecule has 1 aliphatic rings. The summed E-state index contributed by atoms with van der Waals surface area (Å²) in [5, 5.41) is 3.16. The highest BCUT2D eigenvalue weighted by atomic mass is 16.2. The largest absolute Gasteiger partial charge is 0.342 e. The number of nitrogens with one attached hydrogen (secondary N) is 1. The molecule has 0 unspecified atom stereocenters. The van der Waals surface area contributed by atoms with Gasteiger partial charge in [-0.15, -0.1) is 0 Å². The Morgan fingerprint density at radius 2 is 2.21 bits per heavy atom. The van der Waals surface area contributed by atoms with Crippen LogP contribution in [0.15, 0.2) is 0 Å². The normalized spacial score (nSPS) is 19.6. The number of carbonyl (C=O) groups is 1. The van der Waals surface area contributed by atoms with E-state index in [0.29, 0.717) is 12.5 Å². The lowest BCUT2D eigenvalue weighted by atomic mass is 10.1. The number of hydrogen-bond donors (Lipinski definition) is 1. The molecule has 1 rings (SSSR count). The fraction of sp³-hybridized carbons (Fsp3) is 0.909. The maximum atomic E-state index is 11.6. The van der Waals surface area contributed by atoms with Crippen LogP contribution in [0.1, 0.15) is 33.1 Å². The Morgan fingerprint density at radius 1 is 1.43 bits per heavy atom. The van der Waals surface area contributed by atoms with Crippen LogP contribution in [0, 0.1) is 5.92 Å². The summed E-state index contributed by atoms with van der Waals surface area (Å²) in [6, 6.07) is 0. The number of carbonyl (C=O) groups excluding carboxylic acids is 1. The summed E-state index contributed by atoms with van der Waals surface area (Å²) < 4.78 is 0. The van der Waals surface area contributed by atoms with Gasteiger partial charge in [0.1, 0.15) is 0 Å². The molecule has 82 valence electrons. The minimum atomic E-state index is 0.269. The first-order chi connectivity index (χ1) is 6.70. The van der Waals surface area contributed by atoms with Crippen LogP contribution < -0.4 is 5.32 Å². The highest BCUT2D eigenvalue weighted by Gasteiger charge is 2.14. The summed E-state index contributed by atoms with van der Waals surface area (Å²) in [4.78, 5) is 13.6. The van der Waals surface area contributed by atoms with Gasteiger partial charge in [0.25, 0.3) is 0 Å². The maximum absolute atomic E-state index is 11.6. The zero-order valence-corrected chi connectivity index (χ0v) is 9.38. The summed E-state index contributed by atoms with van der Waals surface area (Å²) in [6.45, 7) is 7.80. The summed E-state index contributed by atoms with van der Waals surface area (Å²) in [5.74, 6) is 0.951. The average molecular weight is 198 g/mol. The third-order valence-electron chi connectivity index (χ3n) is 2.64. The molecule has 0 aromatic rings. The molecule has 0 aliphatic carbocycles. The van der Waals surface area contributed by atoms with E-state index >= 15 is 0 Å². The number of hydrogen-bond acceptors (Lipinski definition) is 2. The smallest absolute Gasteiger partial charge is 0.236 e. The summed E-state index contributed by atoms with van der Waals surface area (Å²) in [6.07, 6.45) is 3.44. The molecule has 0 radical (unpaired) electrons. The molecule has 1 heterocycles. The highest BCUT2D eigenvalue weighted by molar-refractivity contribution is 5.78. The van der Waals surface area contributed by atoms with Crippen molar-refractivity contribution in [3.8, 4) is 0 Å². The van der Waals surface area contributed by atoms with Crippen LogP contribution in [-0.2, 0) is 4.79 Å². The Kier molecular flexibility index (Phi) is 4.94. The Bertz CT molecular complexity index is 180. The van der Waals surface area contributed by atoms with E-state index in [1.54, 1.807) is 0 Å². The molecular weight excluding hydrogens is 176 g/mol. The molecule has 3 nitrogen and oxygen atoms in total. The summed E-state index contributed by atoms with van der Waals surface area (Å²) in [7, 11) is 0. The minimum absolute atomic E-state index is 0.269. The van der Waals surface area contributed by atoms with Crippen molar-refractivity contribution in [2.45, 2.75) is 33.1 Å². The molecule has 0 aromatic heterocycles. The van der Waals surface area contributed by atoms with Gasteiger partial charge in [-0.1, -0.05) is 13.8 Å². The first-order valence-corrected chi connectivity index (χ1v) is 5.68. The lowest BCUT2D eigenvalue weighted by molar-refractivity contribution is -0.130. The molecule has 0 bridgehead atoms. The zero-order valence-electron chi connectivity index (χ0n) is 9.38. The van der Waals surface area contributed by atoms with Crippen molar-refractivity contribution in [1.29, 1.82) is 0 Å². The topological polar surface area (TPSA) is 32.3 Å². The van der Waals surface area contributed by atoms with Crippen LogP contribution >= 0.6 is 0 Å². The van der Waals surface area contributed by atoms with Crippen LogP contribution in [0.4, 0.5) is 0 Å². The van der Waals surface area contributed by atoms with Gasteiger partial charge in [-0.25, -0.2) is 0 Å². The van der Waals surface area contributed by atoms with Gasteiger partial charge >= 0.3 is 0 Å². The zero-order chi connectivity index (χ0) is 10.4. The van der Waals surface area contributed by atoms with Crippen LogP contribution in [0.2, 0.25) is 0 Å². The minimum Gasteiger partial charge on any atom is -0.342 e. The van der Waals surface area contributed by atoms with Crippen molar-refractivity contribution in [3.05, 3.63) is 0 Å². The van der Waals surface area contributed by atoms with Crippen LogP contribution in [-0.4, -0.2) is 37.0 Å². The third kappa shape index (κ3) is 4.09. The van der Waals surface area contributed by atoms with Crippen molar-refractivity contribution in [1.82, 2.24) is 10.2 Å². The molecule has 0 aromatic carbocycles. The van der Waals surface area contributed by atoms with E-state index in [-0.39, 0.29) is 5.91 Å². The monoisotopic (exact) mass is 198 g/mol. The van der Waals surface area contributed by atoms with E-state index in [2.05, 4.69) is 19.2 Å². The van der Waals surface area contributed by atoms with Gasteiger partial charge in [-0.3, -0.25) is 4.79 Å². The van der Waals surface area contributed by atoms with Gasteiger partial charge in [0, 0.05) is 13.1 Å². The van der Waals surface area contributed by atoms with Crippen molar-refractivity contribution in [3.63, 3.8) is 0 Å². The van der Waals surface area contributed by atoms with E-state index < -0.39 is 0 Å². The predicted octanol–water partition coefficient (Wildman–Crippen LogP) is 1.24. The van der Waals surface area contributed by atoms with Crippen LogP contribution in [0.25, 0.3) is 0 Å². The Balaban J connectivity index is 2.33. The van der Waals surface area contributed by atoms with Gasteiger partial charge in [-0.05, 0) is 31.7 Å². The van der Waals surface area contributed by atoms with Crippen molar-refractivity contribution in [2.24, 2.45) is 5.92 Å². The molecule has 1 fully saturated rings. The fourth-order valence-electron chi connectivity index (χ4n) is 1.64. The predicted molar refractivity (Wildman–Crippen MR) is 58.1 cm³/mol. The van der Waals surface area contributed by atoms with Gasteiger partial charge in [0.15, 0.2) is 0 Å². The van der Waals surface area contributed by atoms with Gasteiger partial charge < -0.3 is 10.2 Å². The molecule has 1 N–H and O–H groups in total. The molecule has 1 saturated heterocycles. The first kappa shape index (κ1) is 11.5. The van der Waals surface area contributed by atoms with E-state index in [1.165, 1.54) is 6.42 Å². The van der Waals surface area contributed by atoms with E-state index in [4.69, 9.17) is 0 Å². The van der Waals surface area contributed by atoms with Crippen LogP contribution in [0.5, 0.6) is 0 Å². The number of amides is 1. The standard InChI is InChI=1S/C11H22N2O/c1-10(2)5-8-13-7-4-3-6-12-9-11(13)14/h10,12H,3-9H2,1-2H3. The van der Waals surface area contributed by atoms with Crippen LogP contribution in [0.3, 0.4) is 0 Å². The average Bonchev–Trinajstić information content (AvgIpc) is 2.10. The summed E-state index contributed by atoms with van der Waals surface area (Å²) >= 11 is 0. The Morgan fingerprint density at radius 3 is 2.93 bits per heavy atom. The molecule has 1 amide bonds. The van der Waals surface area contributed by atoms with E-state index in [1.807, 2.05) is 4.90 Å². The van der Waals surface area contributed by atoms with Crippen molar-refractivity contribution >= 4 is 5.91 Å². The second kappa shape index (κ2) is 6.02. The molecule has 14 heavy (non-hydrogen) atoms. The number of rotatable bonds is 3. The molecule has 0 saturated carbocycles. The lowest BCUT2D eigenvalue weighted by Crippen LogP contribution is -2.42. The molecular formula is C11H22N2O. The quantitative estimate of drug-likeness (QED) is 0.740. The maximum Gasteiger partial charge on any atom is 0.236 e. The highest BCUT2D eigenvalue weighted by Crippen LogP contribution is 2.05. The third-order valence-corrected chi connectivity index (χ3v) is 2.64. The van der Waals surface area contributed by atoms with Gasteiger partial charge in [0.2, 0.25) is 5.91 Å². The molecule has 0 atom stereocenters. The molecule has 0 spiro atoms. The van der Waals surface area contributed by atoms with Crippen molar-refractivity contribution < 1.29 is 4.79 Å². The second-order valence-electron chi connectivity index (χ2n) is 4.45. The Hall–Kier alpha value is -0.570. The first-order valence-electron chi connectivity index (χ1n) is 5.68. The molecule has 1 aliphatic heterocycles. The van der Waals surface area contributed by atoms with Gasteiger partial charge in [-0.2, -0.15) is 0 Å². The van der Waals surface area contributed by atoms with E-state index in [9.17, 15) is 4.79 Å². The lowest BCUT2D eigenvalue weighted by Gasteiger charge is -2.25. The second-order valence-corrected chi connectivity index (χ2v) is 4.45. The van der Waals surface area contributed by atoms with E-state index in [0.717, 1.165) is 32.5 Å². The Labute approximate surface area is 86.9 Å². The van der Waals surface area contributed by atoms with Crippen molar-refractivity contribution in [2.75, 3.05) is 26.2 Å². The summed E-state index contributed by atoms with van der Waals surface area (Å²) in [5.41, 5.74) is 0. The molecule has 3 heteroatoms.